The fourth-order valence-electron chi connectivity index (χ4n) is 2.06. The topological polar surface area (TPSA) is 60.2 Å². The van der Waals surface area contributed by atoms with Gasteiger partial charge < -0.3 is 9.84 Å². The van der Waals surface area contributed by atoms with E-state index >= 15 is 0 Å². The Labute approximate surface area is 129 Å². The highest BCUT2D eigenvalue weighted by Gasteiger charge is 2.13. The minimum absolute atomic E-state index is 0.416. The maximum absolute atomic E-state index is 9.98. The molecule has 0 amide bonds. The Bertz CT molecular complexity index is 569. The van der Waals surface area contributed by atoms with E-state index in [1.165, 1.54) is 0 Å². The minimum Gasteiger partial charge on any atom is -0.391 e. The van der Waals surface area contributed by atoms with Gasteiger partial charge in [0.1, 0.15) is 5.69 Å². The van der Waals surface area contributed by atoms with Crippen molar-refractivity contribution >= 4 is 11.6 Å². The zero-order valence-corrected chi connectivity index (χ0v) is 13.0. The molecule has 0 radical (unpaired) electrons. The van der Waals surface area contributed by atoms with Crippen molar-refractivity contribution in [1.82, 2.24) is 15.0 Å². The lowest BCUT2D eigenvalue weighted by Crippen LogP contribution is -2.19. The van der Waals surface area contributed by atoms with Gasteiger partial charge in [-0.3, -0.25) is 0 Å². The lowest BCUT2D eigenvalue weighted by atomic mass is 10.1. The third-order valence-corrected chi connectivity index (χ3v) is 3.54. The first kappa shape index (κ1) is 15.9. The number of halogens is 1. The van der Waals surface area contributed by atoms with Gasteiger partial charge in [0.05, 0.1) is 18.3 Å². The van der Waals surface area contributed by atoms with E-state index in [4.69, 9.17) is 16.3 Å². The normalized spacial score (nSPS) is 12.6. The molecule has 0 aliphatic heterocycles. The second-order valence-corrected chi connectivity index (χ2v) is 5.29. The molecule has 0 spiro atoms. The Balaban J connectivity index is 2.04. The number of nitrogens with zero attached hydrogens (tertiary/aromatic N) is 3. The van der Waals surface area contributed by atoms with Gasteiger partial charge in [-0.15, -0.1) is 5.10 Å². The number of aliphatic hydroxyl groups is 1. The van der Waals surface area contributed by atoms with Crippen LogP contribution in [0, 0.1) is 6.92 Å². The zero-order chi connectivity index (χ0) is 15.2. The lowest BCUT2D eigenvalue weighted by molar-refractivity contribution is 0.0771. The van der Waals surface area contributed by atoms with Crippen LogP contribution in [0.3, 0.4) is 0 Å². The predicted octanol–water partition coefficient (Wildman–Crippen LogP) is 2.69. The molecular formula is C15H20ClN3O2. The number of aromatic nitrogens is 3. The number of benzene rings is 1. The van der Waals surface area contributed by atoms with Crippen LogP contribution in [-0.2, 0) is 11.3 Å². The van der Waals surface area contributed by atoms with Crippen molar-refractivity contribution in [2.45, 2.75) is 32.9 Å². The van der Waals surface area contributed by atoms with Crippen LogP contribution >= 0.6 is 11.6 Å². The van der Waals surface area contributed by atoms with Gasteiger partial charge in [-0.25, -0.2) is 4.68 Å². The van der Waals surface area contributed by atoms with Crippen LogP contribution in [0.15, 0.2) is 24.3 Å². The molecule has 114 valence electrons. The smallest absolute Gasteiger partial charge is 0.115 e. The van der Waals surface area contributed by atoms with Crippen LogP contribution in [0.2, 0.25) is 5.02 Å². The number of ether oxygens (including phenoxy) is 1. The van der Waals surface area contributed by atoms with Gasteiger partial charge in [-0.05, 0) is 32.4 Å². The molecule has 2 aromatic rings. The molecule has 1 aromatic carbocycles. The van der Waals surface area contributed by atoms with E-state index in [0.717, 1.165) is 17.0 Å². The molecule has 1 aromatic heterocycles. The summed E-state index contributed by atoms with van der Waals surface area (Å²) in [6, 6.07) is 7.48. The Morgan fingerprint density at radius 1 is 1.33 bits per heavy atom. The third-order valence-electron chi connectivity index (χ3n) is 3.28. The van der Waals surface area contributed by atoms with Gasteiger partial charge in [-0.1, -0.05) is 28.9 Å². The van der Waals surface area contributed by atoms with Gasteiger partial charge in [0.15, 0.2) is 0 Å². The van der Waals surface area contributed by atoms with E-state index in [1.54, 1.807) is 4.68 Å². The first-order valence-corrected chi connectivity index (χ1v) is 7.41. The van der Waals surface area contributed by atoms with Crippen LogP contribution in [0.5, 0.6) is 0 Å². The lowest BCUT2D eigenvalue weighted by Gasteiger charge is -2.11. The van der Waals surface area contributed by atoms with Crippen molar-refractivity contribution in [2.75, 3.05) is 13.2 Å². The summed E-state index contributed by atoms with van der Waals surface area (Å²) in [6.45, 7) is 5.51. The fourth-order valence-corrected chi connectivity index (χ4v) is 2.19. The van der Waals surface area contributed by atoms with Gasteiger partial charge in [0, 0.05) is 23.8 Å². The molecular weight excluding hydrogens is 290 g/mol. The molecule has 2 rings (SSSR count). The van der Waals surface area contributed by atoms with Crippen LogP contribution < -0.4 is 0 Å². The van der Waals surface area contributed by atoms with Crippen molar-refractivity contribution in [2.24, 2.45) is 0 Å². The molecule has 21 heavy (non-hydrogen) atoms. The summed E-state index contributed by atoms with van der Waals surface area (Å²) in [7, 11) is 0. The van der Waals surface area contributed by atoms with Gasteiger partial charge in [-0.2, -0.15) is 0 Å². The Morgan fingerprint density at radius 3 is 2.71 bits per heavy atom. The molecule has 0 aliphatic carbocycles. The Morgan fingerprint density at radius 2 is 2.05 bits per heavy atom. The van der Waals surface area contributed by atoms with Crippen molar-refractivity contribution < 1.29 is 9.84 Å². The van der Waals surface area contributed by atoms with Crippen LogP contribution in [-0.4, -0.2) is 39.4 Å². The molecule has 0 saturated carbocycles. The van der Waals surface area contributed by atoms with E-state index in [0.29, 0.717) is 31.2 Å². The number of rotatable bonds is 7. The quantitative estimate of drug-likeness (QED) is 0.799. The first-order chi connectivity index (χ1) is 10.1. The Kier molecular flexibility index (Phi) is 5.73. The molecule has 6 heteroatoms. The monoisotopic (exact) mass is 309 g/mol. The van der Waals surface area contributed by atoms with Crippen molar-refractivity contribution in [3.05, 3.63) is 35.0 Å². The van der Waals surface area contributed by atoms with Gasteiger partial charge >= 0.3 is 0 Å². The summed E-state index contributed by atoms with van der Waals surface area (Å²) < 4.78 is 6.96. The van der Waals surface area contributed by atoms with Gasteiger partial charge in [0.25, 0.3) is 0 Å². The molecule has 1 N–H and O–H groups in total. The average Bonchev–Trinajstić information content (AvgIpc) is 2.82. The second-order valence-electron chi connectivity index (χ2n) is 4.85. The summed E-state index contributed by atoms with van der Waals surface area (Å²) in [5.74, 6) is 0. The molecule has 1 heterocycles. The first-order valence-electron chi connectivity index (χ1n) is 7.03. The van der Waals surface area contributed by atoms with E-state index < -0.39 is 6.10 Å². The van der Waals surface area contributed by atoms with E-state index in [2.05, 4.69) is 10.3 Å². The third kappa shape index (κ3) is 4.27. The summed E-state index contributed by atoms with van der Waals surface area (Å²) in [5.41, 5.74) is 2.70. The molecule has 1 atom stereocenters. The van der Waals surface area contributed by atoms with Crippen molar-refractivity contribution in [3.63, 3.8) is 0 Å². The zero-order valence-electron chi connectivity index (χ0n) is 12.3. The van der Waals surface area contributed by atoms with Crippen LogP contribution in [0.25, 0.3) is 11.3 Å². The largest absolute Gasteiger partial charge is 0.391 e. The molecule has 0 saturated heterocycles. The molecule has 0 aliphatic rings. The molecule has 0 unspecified atom stereocenters. The second kappa shape index (κ2) is 7.54. The van der Waals surface area contributed by atoms with E-state index in [9.17, 15) is 5.11 Å². The summed E-state index contributed by atoms with van der Waals surface area (Å²) in [6.07, 6.45) is 0.0960. The number of hydrogen-bond acceptors (Lipinski definition) is 4. The van der Waals surface area contributed by atoms with E-state index in [1.807, 2.05) is 38.1 Å². The highest BCUT2D eigenvalue weighted by molar-refractivity contribution is 6.30. The molecule has 0 bridgehead atoms. The maximum atomic E-state index is 9.98. The van der Waals surface area contributed by atoms with Gasteiger partial charge in [0.2, 0.25) is 0 Å². The fraction of sp³-hybridized carbons (Fsp3) is 0.467. The standard InChI is InChI=1S/C15H20ClN3O2/c1-3-21-9-8-14(20)10-19-11(2)15(17-18-19)12-4-6-13(16)7-5-12/h4-7,14,20H,3,8-10H2,1-2H3/t14-/m0/s1. The predicted molar refractivity (Wildman–Crippen MR) is 82.3 cm³/mol. The van der Waals surface area contributed by atoms with Crippen LogP contribution in [0.4, 0.5) is 0 Å². The minimum atomic E-state index is -0.491. The van der Waals surface area contributed by atoms with Crippen molar-refractivity contribution in [1.29, 1.82) is 0 Å². The highest BCUT2D eigenvalue weighted by Crippen LogP contribution is 2.22. The van der Waals surface area contributed by atoms with Crippen LogP contribution in [0.1, 0.15) is 19.0 Å². The highest BCUT2D eigenvalue weighted by atomic mass is 35.5. The SMILES string of the molecule is CCOCC[C@H](O)Cn1nnc(-c2ccc(Cl)cc2)c1C. The molecule has 0 fully saturated rings. The summed E-state index contributed by atoms with van der Waals surface area (Å²) >= 11 is 5.89. The Hall–Kier alpha value is -1.43. The number of aliphatic hydroxyl groups excluding tert-OH is 1. The summed E-state index contributed by atoms with van der Waals surface area (Å²) in [5, 5.41) is 19.0. The average molecular weight is 310 g/mol. The van der Waals surface area contributed by atoms with E-state index in [-0.39, 0.29) is 0 Å². The maximum Gasteiger partial charge on any atom is 0.115 e. The van der Waals surface area contributed by atoms with Crippen molar-refractivity contribution in [3.8, 4) is 11.3 Å². The summed E-state index contributed by atoms with van der Waals surface area (Å²) in [4.78, 5) is 0. The number of hydrogen-bond donors (Lipinski definition) is 1. The molecule has 5 nitrogen and oxygen atoms in total.